The van der Waals surface area contributed by atoms with Crippen LogP contribution in [0.15, 0.2) is 21.9 Å². The molecule has 11 heteroatoms. The van der Waals surface area contributed by atoms with Crippen molar-refractivity contribution < 1.29 is 18.7 Å². The first-order valence-electron chi connectivity index (χ1n) is 8.94. The Morgan fingerprint density at radius 1 is 1.10 bits per heavy atom. The van der Waals surface area contributed by atoms with E-state index in [1.807, 2.05) is 19.1 Å². The molecule has 0 unspecified atom stereocenters. The second-order valence-electron chi connectivity index (χ2n) is 6.37. The van der Waals surface area contributed by atoms with E-state index in [-0.39, 0.29) is 5.69 Å². The van der Waals surface area contributed by atoms with Crippen LogP contribution >= 0.6 is 22.7 Å². The van der Waals surface area contributed by atoms with Crippen molar-refractivity contribution in [2.75, 3.05) is 31.2 Å². The summed E-state index contributed by atoms with van der Waals surface area (Å²) in [5, 5.41) is 3.05. The topological polar surface area (TPSA) is 110 Å². The lowest BCUT2D eigenvalue weighted by Crippen LogP contribution is -2.41. The molecule has 2 N–H and O–H groups in total. The highest BCUT2D eigenvalue weighted by molar-refractivity contribution is 7.17. The lowest BCUT2D eigenvalue weighted by molar-refractivity contribution is 0.0846. The molecule has 0 atom stereocenters. The number of hydrogen-bond acceptors (Lipinski definition) is 9. The summed E-state index contributed by atoms with van der Waals surface area (Å²) in [6.45, 7) is 6.36. The Hall–Kier alpha value is -2.76. The van der Waals surface area contributed by atoms with Gasteiger partial charge in [-0.2, -0.15) is 0 Å². The highest BCUT2D eigenvalue weighted by Gasteiger charge is 2.20. The summed E-state index contributed by atoms with van der Waals surface area (Å²) in [5.74, 6) is 0.465. The number of ether oxygens (including phenoxy) is 1. The van der Waals surface area contributed by atoms with Crippen LogP contribution in [0.5, 0.6) is 0 Å². The van der Waals surface area contributed by atoms with Crippen LogP contribution in [0.3, 0.4) is 0 Å². The predicted octanol–water partition coefficient (Wildman–Crippen LogP) is 2.39. The number of carbonyl (C=O) groups excluding carboxylic acids is 2. The van der Waals surface area contributed by atoms with E-state index in [4.69, 9.17) is 9.15 Å². The highest BCUT2D eigenvalue weighted by Crippen LogP contribution is 2.29. The molecule has 0 aliphatic carbocycles. The SMILES string of the molecule is Cc1ccc(-c2nc(C)c(C(=O)NNC(=O)c3csc(N4CCOCC4)n3)s2)o1. The van der Waals surface area contributed by atoms with Crippen molar-refractivity contribution in [1.82, 2.24) is 20.8 Å². The monoisotopic (exact) mass is 433 g/mol. The Morgan fingerprint density at radius 3 is 2.59 bits per heavy atom. The van der Waals surface area contributed by atoms with Crippen LogP contribution in [0.25, 0.3) is 10.8 Å². The van der Waals surface area contributed by atoms with Crippen LogP contribution in [0.2, 0.25) is 0 Å². The van der Waals surface area contributed by atoms with Gasteiger partial charge in [-0.05, 0) is 26.0 Å². The van der Waals surface area contributed by atoms with Crippen molar-refractivity contribution in [3.8, 4) is 10.8 Å². The number of nitrogens with zero attached hydrogens (tertiary/aromatic N) is 3. The number of hydrogen-bond donors (Lipinski definition) is 2. The molecule has 1 aliphatic heterocycles. The summed E-state index contributed by atoms with van der Waals surface area (Å²) < 4.78 is 10.9. The van der Waals surface area contributed by atoms with Gasteiger partial charge in [-0.25, -0.2) is 9.97 Å². The average molecular weight is 434 g/mol. The van der Waals surface area contributed by atoms with E-state index in [2.05, 4.69) is 25.7 Å². The normalized spacial score (nSPS) is 14.1. The Bertz CT molecular complexity index is 1030. The largest absolute Gasteiger partial charge is 0.459 e. The van der Waals surface area contributed by atoms with E-state index >= 15 is 0 Å². The molecule has 0 spiro atoms. The van der Waals surface area contributed by atoms with Gasteiger partial charge in [-0.15, -0.1) is 22.7 Å². The lowest BCUT2D eigenvalue weighted by Gasteiger charge is -2.25. The van der Waals surface area contributed by atoms with E-state index in [1.165, 1.54) is 22.7 Å². The van der Waals surface area contributed by atoms with Crippen LogP contribution < -0.4 is 15.8 Å². The van der Waals surface area contributed by atoms with Crippen LogP contribution in [0.1, 0.15) is 31.6 Å². The van der Waals surface area contributed by atoms with Crippen molar-refractivity contribution >= 4 is 39.6 Å². The number of rotatable bonds is 4. The van der Waals surface area contributed by atoms with E-state index < -0.39 is 11.8 Å². The number of furan rings is 1. The zero-order valence-electron chi connectivity index (χ0n) is 15.9. The first kappa shape index (κ1) is 19.6. The van der Waals surface area contributed by atoms with Gasteiger partial charge in [-0.1, -0.05) is 0 Å². The van der Waals surface area contributed by atoms with Crippen LogP contribution in [-0.2, 0) is 4.74 Å². The van der Waals surface area contributed by atoms with Gasteiger partial charge < -0.3 is 14.1 Å². The van der Waals surface area contributed by atoms with Crippen molar-refractivity contribution in [1.29, 1.82) is 0 Å². The number of hydrazine groups is 1. The predicted molar refractivity (Wildman–Crippen MR) is 109 cm³/mol. The lowest BCUT2D eigenvalue weighted by atomic mass is 10.4. The number of aromatic nitrogens is 2. The quantitative estimate of drug-likeness (QED) is 0.608. The minimum atomic E-state index is -0.474. The van der Waals surface area contributed by atoms with Crippen molar-refractivity contribution in [2.24, 2.45) is 0 Å². The van der Waals surface area contributed by atoms with Gasteiger partial charge in [0.25, 0.3) is 11.8 Å². The maximum Gasteiger partial charge on any atom is 0.289 e. The fourth-order valence-electron chi connectivity index (χ4n) is 2.76. The van der Waals surface area contributed by atoms with Crippen LogP contribution in [-0.4, -0.2) is 48.1 Å². The molecule has 1 fully saturated rings. The van der Waals surface area contributed by atoms with Gasteiger partial charge in [0, 0.05) is 18.5 Å². The maximum absolute atomic E-state index is 12.5. The molecule has 1 aliphatic rings. The van der Waals surface area contributed by atoms with Crippen molar-refractivity contribution in [3.63, 3.8) is 0 Å². The first-order chi connectivity index (χ1) is 14.0. The zero-order chi connectivity index (χ0) is 20.4. The number of morpholine rings is 1. The second-order valence-corrected chi connectivity index (χ2v) is 8.20. The number of aryl methyl sites for hydroxylation is 2. The van der Waals surface area contributed by atoms with E-state index in [0.717, 1.165) is 24.0 Å². The smallest absolute Gasteiger partial charge is 0.289 e. The molecule has 0 aromatic carbocycles. The Labute approximate surface area is 174 Å². The molecule has 0 bridgehead atoms. The van der Waals surface area contributed by atoms with Gasteiger partial charge in [-0.3, -0.25) is 20.4 Å². The molecule has 152 valence electrons. The molecule has 9 nitrogen and oxygen atoms in total. The molecule has 4 rings (SSSR count). The second kappa shape index (κ2) is 8.31. The minimum Gasteiger partial charge on any atom is -0.459 e. The van der Waals surface area contributed by atoms with Gasteiger partial charge in [0.05, 0.1) is 18.9 Å². The van der Waals surface area contributed by atoms with Gasteiger partial charge in [0.1, 0.15) is 16.3 Å². The maximum atomic E-state index is 12.5. The molecule has 29 heavy (non-hydrogen) atoms. The average Bonchev–Trinajstić information content (AvgIpc) is 3.46. The third-order valence-electron chi connectivity index (χ3n) is 4.25. The summed E-state index contributed by atoms with van der Waals surface area (Å²) in [6, 6.07) is 3.65. The number of carbonyl (C=O) groups is 2. The third kappa shape index (κ3) is 4.31. The molecular formula is C18H19N5O4S2. The number of amides is 2. The number of thiazole rings is 2. The molecule has 0 radical (unpaired) electrons. The minimum absolute atomic E-state index is 0.254. The summed E-state index contributed by atoms with van der Waals surface area (Å²) >= 11 is 2.59. The van der Waals surface area contributed by atoms with Crippen molar-refractivity contribution in [2.45, 2.75) is 13.8 Å². The van der Waals surface area contributed by atoms with E-state index in [0.29, 0.717) is 34.6 Å². The van der Waals surface area contributed by atoms with Crippen LogP contribution in [0.4, 0.5) is 5.13 Å². The van der Waals surface area contributed by atoms with Crippen LogP contribution in [0, 0.1) is 13.8 Å². The molecule has 3 aromatic heterocycles. The summed E-state index contributed by atoms with van der Waals surface area (Å²) in [6.07, 6.45) is 0. The molecule has 4 heterocycles. The molecule has 0 saturated carbocycles. The fraction of sp³-hybridized carbons (Fsp3) is 0.333. The molecule has 1 saturated heterocycles. The molecule has 2 amide bonds. The summed E-state index contributed by atoms with van der Waals surface area (Å²) in [4.78, 5) is 36.0. The third-order valence-corrected chi connectivity index (χ3v) is 6.32. The van der Waals surface area contributed by atoms with E-state index in [1.54, 1.807) is 12.3 Å². The van der Waals surface area contributed by atoms with Gasteiger partial charge >= 0.3 is 0 Å². The molecular weight excluding hydrogens is 414 g/mol. The fourth-order valence-corrected chi connectivity index (χ4v) is 4.55. The zero-order valence-corrected chi connectivity index (χ0v) is 17.5. The molecule has 3 aromatic rings. The Kier molecular flexibility index (Phi) is 5.60. The van der Waals surface area contributed by atoms with E-state index in [9.17, 15) is 9.59 Å². The number of anilines is 1. The van der Waals surface area contributed by atoms with Crippen molar-refractivity contribution in [3.05, 3.63) is 39.5 Å². The summed E-state index contributed by atoms with van der Waals surface area (Å²) in [7, 11) is 0. The standard InChI is InChI=1S/C18H19N5O4S2/c1-10-3-4-13(27-10)17-19-11(2)14(29-17)16(25)22-21-15(24)12-9-28-18(20-12)23-5-7-26-8-6-23/h3-4,9H,5-8H2,1-2H3,(H,21,24)(H,22,25). The first-order valence-corrected chi connectivity index (χ1v) is 10.6. The summed E-state index contributed by atoms with van der Waals surface area (Å²) in [5.41, 5.74) is 5.66. The van der Waals surface area contributed by atoms with Gasteiger partial charge in [0.2, 0.25) is 0 Å². The highest BCUT2D eigenvalue weighted by atomic mass is 32.1. The van der Waals surface area contributed by atoms with Gasteiger partial charge in [0.15, 0.2) is 15.9 Å². The Morgan fingerprint density at radius 2 is 1.86 bits per heavy atom. The number of nitrogens with one attached hydrogen (secondary N) is 2. The Balaban J connectivity index is 1.38.